The molecule has 0 spiro atoms. The van der Waals surface area contributed by atoms with E-state index in [1.807, 2.05) is 18.2 Å². The second-order valence-electron chi connectivity index (χ2n) is 4.50. The first-order chi connectivity index (χ1) is 9.70. The van der Waals surface area contributed by atoms with Crippen molar-refractivity contribution in [2.45, 2.75) is 4.90 Å². The molecule has 0 saturated heterocycles. The van der Waals surface area contributed by atoms with Crippen LogP contribution in [0.1, 0.15) is 0 Å². The van der Waals surface area contributed by atoms with Gasteiger partial charge in [-0.25, -0.2) is 0 Å². The average molecular weight is 364 g/mol. The molecule has 0 N–H and O–H groups in total. The van der Waals surface area contributed by atoms with Crippen molar-refractivity contribution in [1.29, 1.82) is 0 Å². The molecule has 0 nitrogen and oxygen atoms in total. The Bertz CT molecular complexity index is 783. The summed E-state index contributed by atoms with van der Waals surface area (Å²) in [7, 11) is 0. The number of thioether (sulfide) groups is 1. The van der Waals surface area contributed by atoms with Crippen LogP contribution in [0.25, 0.3) is 21.9 Å². The fourth-order valence-electron chi connectivity index (χ4n) is 2.34. The molecule has 0 aromatic heterocycles. The maximum absolute atomic E-state index is 6.51. The molecule has 0 saturated carbocycles. The number of benzene rings is 3. The Labute approximate surface area is 136 Å². The van der Waals surface area contributed by atoms with Crippen LogP contribution in [0, 0.1) is 0 Å². The fourth-order valence-corrected chi connectivity index (χ4v) is 3.96. The van der Waals surface area contributed by atoms with Gasteiger partial charge in [-0.3, -0.25) is 0 Å². The molecule has 0 bridgehead atoms. The van der Waals surface area contributed by atoms with E-state index < -0.39 is 0 Å². The second kappa shape index (κ2) is 5.80. The minimum absolute atomic E-state index is 0.783. The van der Waals surface area contributed by atoms with Crippen LogP contribution in [0.2, 0.25) is 5.02 Å². The molecule has 0 unspecified atom stereocenters. The van der Waals surface area contributed by atoms with Crippen molar-refractivity contribution in [3.05, 3.63) is 64.1 Å². The molecule has 3 aromatic carbocycles. The van der Waals surface area contributed by atoms with Crippen LogP contribution in [-0.4, -0.2) is 6.26 Å². The summed E-state index contributed by atoms with van der Waals surface area (Å²) in [6.07, 6.45) is 2.08. The highest BCUT2D eigenvalue weighted by Crippen LogP contribution is 2.41. The van der Waals surface area contributed by atoms with Gasteiger partial charge in [0.05, 0.1) is 0 Å². The predicted molar refractivity (Wildman–Crippen MR) is 93.9 cm³/mol. The summed E-state index contributed by atoms with van der Waals surface area (Å²) in [6, 6.07) is 18.7. The SMILES string of the molecule is CSc1cccc(Br)c1-c1cc2ccccc2cc1Cl. The van der Waals surface area contributed by atoms with Gasteiger partial charge in [0.2, 0.25) is 0 Å². The Balaban J connectivity index is 2.32. The van der Waals surface area contributed by atoms with Gasteiger partial charge in [0, 0.05) is 25.5 Å². The van der Waals surface area contributed by atoms with E-state index in [0.29, 0.717) is 0 Å². The predicted octanol–water partition coefficient (Wildman–Crippen LogP) is 6.64. The molecule has 0 aliphatic rings. The highest BCUT2D eigenvalue weighted by molar-refractivity contribution is 9.10. The quantitative estimate of drug-likeness (QED) is 0.460. The lowest BCUT2D eigenvalue weighted by molar-refractivity contribution is 1.43. The summed E-state index contributed by atoms with van der Waals surface area (Å²) in [5.74, 6) is 0. The third-order valence-corrected chi connectivity index (χ3v) is 5.05. The van der Waals surface area contributed by atoms with Gasteiger partial charge in [0.1, 0.15) is 0 Å². The normalized spacial score (nSPS) is 10.9. The summed E-state index contributed by atoms with van der Waals surface area (Å²) >= 11 is 11.9. The molecule has 0 aliphatic carbocycles. The van der Waals surface area contributed by atoms with Crippen LogP contribution in [0.3, 0.4) is 0 Å². The standard InChI is InChI=1S/C17H12BrClS/c1-20-16-8-4-7-14(18)17(16)13-9-11-5-2-3-6-12(11)10-15(13)19/h2-10H,1H3. The van der Waals surface area contributed by atoms with E-state index in [4.69, 9.17) is 11.6 Å². The van der Waals surface area contributed by atoms with Crippen molar-refractivity contribution >= 4 is 50.1 Å². The monoisotopic (exact) mass is 362 g/mol. The average Bonchev–Trinajstić information content (AvgIpc) is 2.46. The number of rotatable bonds is 2. The molecule has 3 aromatic rings. The van der Waals surface area contributed by atoms with Crippen molar-refractivity contribution in [3.63, 3.8) is 0 Å². The Morgan fingerprint density at radius 2 is 1.65 bits per heavy atom. The lowest BCUT2D eigenvalue weighted by atomic mass is 10.0. The maximum atomic E-state index is 6.51. The van der Waals surface area contributed by atoms with Gasteiger partial charge in [0.25, 0.3) is 0 Å². The Kier molecular flexibility index (Phi) is 4.06. The van der Waals surface area contributed by atoms with Gasteiger partial charge in [-0.05, 0) is 41.3 Å². The molecule has 3 heteroatoms. The molecule has 0 aliphatic heterocycles. The van der Waals surface area contributed by atoms with E-state index in [-0.39, 0.29) is 0 Å². The van der Waals surface area contributed by atoms with Crippen molar-refractivity contribution in [3.8, 4) is 11.1 Å². The molecule has 100 valence electrons. The zero-order valence-electron chi connectivity index (χ0n) is 10.9. The van der Waals surface area contributed by atoms with E-state index in [9.17, 15) is 0 Å². The molecule has 0 amide bonds. The van der Waals surface area contributed by atoms with Crippen LogP contribution in [0.4, 0.5) is 0 Å². The summed E-state index contributed by atoms with van der Waals surface area (Å²) < 4.78 is 1.07. The molecule has 0 radical (unpaired) electrons. The lowest BCUT2D eigenvalue weighted by Gasteiger charge is -2.13. The molecule has 0 heterocycles. The van der Waals surface area contributed by atoms with E-state index in [0.717, 1.165) is 20.6 Å². The minimum Gasteiger partial charge on any atom is -0.129 e. The van der Waals surface area contributed by atoms with Gasteiger partial charge in [-0.1, -0.05) is 57.9 Å². The van der Waals surface area contributed by atoms with E-state index in [1.165, 1.54) is 15.7 Å². The summed E-state index contributed by atoms with van der Waals surface area (Å²) in [4.78, 5) is 1.22. The lowest BCUT2D eigenvalue weighted by Crippen LogP contribution is -1.86. The van der Waals surface area contributed by atoms with Crippen molar-refractivity contribution in [2.75, 3.05) is 6.26 Å². The molecule has 0 fully saturated rings. The van der Waals surface area contributed by atoms with Crippen molar-refractivity contribution < 1.29 is 0 Å². The van der Waals surface area contributed by atoms with E-state index in [1.54, 1.807) is 11.8 Å². The number of hydrogen-bond donors (Lipinski definition) is 0. The first kappa shape index (κ1) is 14.0. The fraction of sp³-hybridized carbons (Fsp3) is 0.0588. The van der Waals surface area contributed by atoms with Gasteiger partial charge < -0.3 is 0 Å². The van der Waals surface area contributed by atoms with Crippen molar-refractivity contribution in [2.24, 2.45) is 0 Å². The molecular weight excluding hydrogens is 352 g/mol. The van der Waals surface area contributed by atoms with Crippen molar-refractivity contribution in [1.82, 2.24) is 0 Å². The molecule has 0 atom stereocenters. The summed E-state index contributed by atoms with van der Waals surface area (Å²) in [5.41, 5.74) is 2.23. The first-order valence-electron chi connectivity index (χ1n) is 6.22. The van der Waals surface area contributed by atoms with Gasteiger partial charge in [0.15, 0.2) is 0 Å². The van der Waals surface area contributed by atoms with Crippen LogP contribution >= 0.6 is 39.3 Å². The zero-order valence-corrected chi connectivity index (χ0v) is 14.0. The summed E-state index contributed by atoms with van der Waals surface area (Å²) in [5, 5.41) is 3.15. The maximum Gasteiger partial charge on any atom is 0.0491 e. The Morgan fingerprint density at radius 1 is 0.950 bits per heavy atom. The van der Waals surface area contributed by atoms with E-state index in [2.05, 4.69) is 58.6 Å². The van der Waals surface area contributed by atoms with Crippen LogP contribution in [-0.2, 0) is 0 Å². The van der Waals surface area contributed by atoms with Gasteiger partial charge in [-0.15, -0.1) is 11.8 Å². The second-order valence-corrected chi connectivity index (χ2v) is 6.61. The van der Waals surface area contributed by atoms with Crippen LogP contribution in [0.5, 0.6) is 0 Å². The highest BCUT2D eigenvalue weighted by atomic mass is 79.9. The minimum atomic E-state index is 0.783. The smallest absolute Gasteiger partial charge is 0.0491 e. The van der Waals surface area contributed by atoms with Gasteiger partial charge in [-0.2, -0.15) is 0 Å². The number of halogens is 2. The molecular formula is C17H12BrClS. The largest absolute Gasteiger partial charge is 0.129 e. The first-order valence-corrected chi connectivity index (χ1v) is 8.61. The zero-order chi connectivity index (χ0) is 14.1. The van der Waals surface area contributed by atoms with Crippen LogP contribution in [0.15, 0.2) is 64.0 Å². The van der Waals surface area contributed by atoms with E-state index >= 15 is 0 Å². The third-order valence-electron chi connectivity index (χ3n) is 3.30. The van der Waals surface area contributed by atoms with Crippen LogP contribution < -0.4 is 0 Å². The summed E-state index contributed by atoms with van der Waals surface area (Å²) in [6.45, 7) is 0. The third kappa shape index (κ3) is 2.48. The number of fused-ring (bicyclic) bond motifs is 1. The molecule has 3 rings (SSSR count). The Hall–Kier alpha value is -0.960. The van der Waals surface area contributed by atoms with Gasteiger partial charge >= 0.3 is 0 Å². The topological polar surface area (TPSA) is 0 Å². The Morgan fingerprint density at radius 3 is 2.35 bits per heavy atom. The molecule has 20 heavy (non-hydrogen) atoms. The number of hydrogen-bond acceptors (Lipinski definition) is 1. The highest BCUT2D eigenvalue weighted by Gasteiger charge is 2.13.